The van der Waals surface area contributed by atoms with Gasteiger partial charge >= 0.3 is 6.03 Å². The van der Waals surface area contributed by atoms with Crippen molar-refractivity contribution in [2.24, 2.45) is 0 Å². The second-order valence-corrected chi connectivity index (χ2v) is 8.83. The highest BCUT2D eigenvalue weighted by molar-refractivity contribution is 8.01. The molecule has 0 spiro atoms. The number of halogens is 2. The third-order valence-corrected chi connectivity index (χ3v) is 6.18. The van der Waals surface area contributed by atoms with Crippen LogP contribution in [0.1, 0.15) is 12.8 Å². The predicted molar refractivity (Wildman–Crippen MR) is 109 cm³/mol. The number of rotatable bonds is 6. The van der Waals surface area contributed by atoms with Gasteiger partial charge in [0.2, 0.25) is 5.13 Å². The van der Waals surface area contributed by atoms with Crippen LogP contribution >= 0.6 is 46.3 Å². The third-order valence-electron chi connectivity index (χ3n) is 3.58. The van der Waals surface area contributed by atoms with Gasteiger partial charge < -0.3 is 14.8 Å². The maximum atomic E-state index is 12.4. The summed E-state index contributed by atoms with van der Waals surface area (Å²) >= 11 is 14.8. The lowest BCUT2D eigenvalue weighted by molar-refractivity contribution is -0.178. The summed E-state index contributed by atoms with van der Waals surface area (Å²) in [5.41, 5.74) is 0.510. The van der Waals surface area contributed by atoms with E-state index in [9.17, 15) is 4.79 Å². The lowest BCUT2D eigenvalue weighted by Crippen LogP contribution is -2.31. The smallest absolute Gasteiger partial charge is 0.327 e. The number of carbonyl (C=O) groups is 1. The number of nitrogens with zero attached hydrogens (tertiary/aromatic N) is 3. The van der Waals surface area contributed by atoms with Gasteiger partial charge in [0.05, 0.1) is 13.2 Å². The minimum atomic E-state index is -0.356. The molecule has 1 N–H and O–H groups in total. The van der Waals surface area contributed by atoms with Crippen LogP contribution in [0.25, 0.3) is 0 Å². The van der Waals surface area contributed by atoms with Crippen molar-refractivity contribution >= 4 is 63.2 Å². The van der Waals surface area contributed by atoms with Crippen LogP contribution in [0.2, 0.25) is 10.0 Å². The molecule has 27 heavy (non-hydrogen) atoms. The zero-order valence-corrected chi connectivity index (χ0v) is 17.6. The van der Waals surface area contributed by atoms with Crippen LogP contribution in [0, 0.1) is 0 Å². The van der Waals surface area contributed by atoms with Gasteiger partial charge in [0, 0.05) is 35.0 Å². The first-order valence-electron chi connectivity index (χ1n) is 8.21. The molecular weight excluding hydrogens is 431 g/mol. The van der Waals surface area contributed by atoms with Gasteiger partial charge in [-0.15, -0.1) is 10.2 Å². The number of nitrogens with one attached hydrogen (secondary N) is 1. The van der Waals surface area contributed by atoms with Gasteiger partial charge in [-0.2, -0.15) is 0 Å². The fraction of sp³-hybridized carbons (Fsp3) is 0.438. The Balaban J connectivity index is 1.50. The Labute approximate surface area is 175 Å². The normalized spacial score (nSPS) is 14.9. The van der Waals surface area contributed by atoms with Gasteiger partial charge in [0.15, 0.2) is 10.6 Å². The van der Waals surface area contributed by atoms with Crippen molar-refractivity contribution < 1.29 is 14.3 Å². The minimum absolute atomic E-state index is 0.142. The van der Waals surface area contributed by atoms with Crippen molar-refractivity contribution in [1.29, 1.82) is 0 Å². The SMILES string of the molecule is CN(C(=O)Nc1cc(Cl)cc(Cl)c1)c1nnc(SCCC2OCCCO2)s1. The molecule has 1 aliphatic heterocycles. The summed E-state index contributed by atoms with van der Waals surface area (Å²) in [6, 6.07) is 4.48. The molecule has 0 saturated carbocycles. The molecule has 2 heterocycles. The van der Waals surface area contributed by atoms with Gasteiger partial charge in [-0.05, 0) is 24.6 Å². The molecule has 2 aromatic rings. The van der Waals surface area contributed by atoms with E-state index in [1.165, 1.54) is 16.2 Å². The number of carbonyl (C=O) groups excluding carboxylic acids is 1. The van der Waals surface area contributed by atoms with Crippen molar-refractivity contribution in [3.8, 4) is 0 Å². The van der Waals surface area contributed by atoms with E-state index >= 15 is 0 Å². The number of amides is 2. The monoisotopic (exact) mass is 448 g/mol. The lowest BCUT2D eigenvalue weighted by Gasteiger charge is -2.22. The fourth-order valence-corrected chi connectivity index (χ4v) is 4.62. The highest BCUT2D eigenvalue weighted by atomic mass is 35.5. The van der Waals surface area contributed by atoms with Crippen molar-refractivity contribution in [3.63, 3.8) is 0 Å². The molecule has 1 aliphatic rings. The molecule has 0 bridgehead atoms. The fourth-order valence-electron chi connectivity index (χ4n) is 2.26. The van der Waals surface area contributed by atoms with E-state index in [4.69, 9.17) is 32.7 Å². The summed E-state index contributed by atoms with van der Waals surface area (Å²) < 4.78 is 11.8. The first kappa shape index (κ1) is 20.6. The third kappa shape index (κ3) is 6.20. The number of aromatic nitrogens is 2. The second kappa shape index (κ2) is 9.90. The van der Waals surface area contributed by atoms with Crippen molar-refractivity contribution in [2.75, 3.05) is 36.2 Å². The van der Waals surface area contributed by atoms with Gasteiger partial charge in [-0.3, -0.25) is 4.90 Å². The summed E-state index contributed by atoms with van der Waals surface area (Å²) in [6.45, 7) is 1.49. The van der Waals surface area contributed by atoms with Gasteiger partial charge in [-0.1, -0.05) is 46.3 Å². The molecule has 1 aromatic heterocycles. The molecule has 7 nitrogen and oxygen atoms in total. The van der Waals surface area contributed by atoms with Crippen LogP contribution < -0.4 is 10.2 Å². The molecule has 0 radical (unpaired) electrons. The summed E-state index contributed by atoms with van der Waals surface area (Å²) in [4.78, 5) is 13.8. The van der Waals surface area contributed by atoms with E-state index in [1.807, 2.05) is 0 Å². The zero-order chi connectivity index (χ0) is 19.2. The molecule has 0 aliphatic carbocycles. The van der Waals surface area contributed by atoms with Crippen LogP contribution in [-0.4, -0.2) is 48.5 Å². The Kier molecular flexibility index (Phi) is 7.57. The molecule has 3 rings (SSSR count). The second-order valence-electron chi connectivity index (χ2n) is 5.66. The standard InChI is InChI=1S/C16H18Cl2N4O3S2/c1-22(14(23)19-12-8-10(17)7-11(18)9-12)15-20-21-16(27-15)26-6-3-13-24-4-2-5-25-13/h7-9,13H,2-6H2,1H3,(H,19,23). The molecule has 2 amide bonds. The first-order valence-corrected chi connectivity index (χ1v) is 10.8. The van der Waals surface area contributed by atoms with Crippen molar-refractivity contribution in [3.05, 3.63) is 28.2 Å². The minimum Gasteiger partial charge on any atom is -0.353 e. The molecular formula is C16H18Cl2N4O3S2. The number of anilines is 2. The van der Waals surface area contributed by atoms with Gasteiger partial charge in [0.25, 0.3) is 0 Å². The van der Waals surface area contributed by atoms with E-state index < -0.39 is 0 Å². The topological polar surface area (TPSA) is 76.6 Å². The number of hydrogen-bond acceptors (Lipinski definition) is 7. The lowest BCUT2D eigenvalue weighted by atomic mass is 10.3. The summed E-state index contributed by atoms with van der Waals surface area (Å²) in [6.07, 6.45) is 1.58. The Morgan fingerprint density at radius 3 is 2.70 bits per heavy atom. The Morgan fingerprint density at radius 1 is 1.30 bits per heavy atom. The Morgan fingerprint density at radius 2 is 2.00 bits per heavy atom. The number of benzene rings is 1. The maximum absolute atomic E-state index is 12.4. The van der Waals surface area contributed by atoms with Crippen molar-refractivity contribution in [2.45, 2.75) is 23.5 Å². The zero-order valence-electron chi connectivity index (χ0n) is 14.5. The first-order chi connectivity index (χ1) is 13.0. The van der Waals surface area contributed by atoms with Crippen LogP contribution in [0.5, 0.6) is 0 Å². The van der Waals surface area contributed by atoms with Gasteiger partial charge in [-0.25, -0.2) is 4.79 Å². The van der Waals surface area contributed by atoms with E-state index in [-0.39, 0.29) is 12.3 Å². The van der Waals surface area contributed by atoms with Crippen LogP contribution in [-0.2, 0) is 9.47 Å². The molecule has 146 valence electrons. The highest BCUT2D eigenvalue weighted by Gasteiger charge is 2.18. The Hall–Kier alpha value is -1.10. The number of urea groups is 1. The van der Waals surface area contributed by atoms with Crippen LogP contribution in [0.3, 0.4) is 0 Å². The average Bonchev–Trinajstić information content (AvgIpc) is 3.10. The van der Waals surface area contributed by atoms with E-state index in [2.05, 4.69) is 15.5 Å². The summed E-state index contributed by atoms with van der Waals surface area (Å²) in [5.74, 6) is 0.802. The molecule has 1 saturated heterocycles. The van der Waals surface area contributed by atoms with Crippen LogP contribution in [0.15, 0.2) is 22.5 Å². The molecule has 0 unspecified atom stereocenters. The van der Waals surface area contributed by atoms with E-state index in [0.717, 1.165) is 36.1 Å². The molecule has 1 fully saturated rings. The largest absolute Gasteiger partial charge is 0.353 e. The quantitative estimate of drug-likeness (QED) is 0.506. The number of thioether (sulfide) groups is 1. The number of ether oxygens (including phenoxy) is 2. The molecule has 11 heteroatoms. The molecule has 1 aromatic carbocycles. The van der Waals surface area contributed by atoms with Crippen molar-refractivity contribution in [1.82, 2.24) is 10.2 Å². The molecule has 0 atom stereocenters. The van der Waals surface area contributed by atoms with Crippen LogP contribution in [0.4, 0.5) is 15.6 Å². The van der Waals surface area contributed by atoms with E-state index in [0.29, 0.717) is 20.9 Å². The highest BCUT2D eigenvalue weighted by Crippen LogP contribution is 2.29. The Bertz CT molecular complexity index is 767. The maximum Gasteiger partial charge on any atom is 0.327 e. The number of hydrogen-bond donors (Lipinski definition) is 1. The predicted octanol–water partition coefficient (Wildman–Crippen LogP) is 4.76. The summed E-state index contributed by atoms with van der Waals surface area (Å²) in [5, 5.41) is 12.3. The van der Waals surface area contributed by atoms with E-state index in [1.54, 1.807) is 37.0 Å². The summed E-state index contributed by atoms with van der Waals surface area (Å²) in [7, 11) is 1.63. The van der Waals surface area contributed by atoms with Gasteiger partial charge in [0.1, 0.15) is 0 Å². The average molecular weight is 449 g/mol.